The van der Waals surface area contributed by atoms with Crippen molar-refractivity contribution >= 4 is 33.8 Å². The Hall–Kier alpha value is -0.0400. The van der Waals surface area contributed by atoms with Gasteiger partial charge in [-0.05, 0) is 58.0 Å². The predicted molar refractivity (Wildman–Crippen MR) is 227 cm³/mol. The van der Waals surface area contributed by atoms with Crippen LogP contribution in [0.1, 0.15) is 233 Å². The maximum Gasteiger partial charge on any atom is 0.189 e. The van der Waals surface area contributed by atoms with Gasteiger partial charge in [-0.25, -0.2) is 0 Å². The Morgan fingerprint density at radius 2 is 0.840 bits per heavy atom. The van der Waals surface area contributed by atoms with Gasteiger partial charge < -0.3 is 10.0 Å². The molecule has 0 amide bonds. The fourth-order valence-corrected chi connectivity index (χ4v) is 8.94. The summed E-state index contributed by atoms with van der Waals surface area (Å²) in [4.78, 5) is 27.4. The molecule has 0 atom stereocenters. The summed E-state index contributed by atoms with van der Waals surface area (Å²) in [6, 6.07) is 0. The number of aliphatic hydroxyl groups is 1. The first-order chi connectivity index (χ1) is 24.6. The molecule has 0 saturated carbocycles. The van der Waals surface area contributed by atoms with Crippen molar-refractivity contribution in [2.75, 3.05) is 32.0 Å². The Morgan fingerprint density at radius 3 is 1.30 bits per heavy atom. The molecular formula is C44H87NO3S2. The van der Waals surface area contributed by atoms with Gasteiger partial charge in [0.25, 0.3) is 0 Å². The Morgan fingerprint density at radius 1 is 0.460 bits per heavy atom. The average molecular weight is 742 g/mol. The van der Waals surface area contributed by atoms with Gasteiger partial charge >= 0.3 is 0 Å². The Labute approximate surface area is 322 Å². The van der Waals surface area contributed by atoms with E-state index in [4.69, 9.17) is 0 Å². The minimum Gasteiger partial charge on any atom is -0.395 e. The van der Waals surface area contributed by atoms with Crippen LogP contribution in [0.15, 0.2) is 0 Å². The molecule has 0 spiro atoms. The first-order valence-electron chi connectivity index (χ1n) is 22.3. The minimum absolute atomic E-state index is 0.244. The lowest BCUT2D eigenvalue weighted by molar-refractivity contribution is -0.111. The van der Waals surface area contributed by atoms with Crippen LogP contribution in [0.4, 0.5) is 0 Å². The third-order valence-corrected chi connectivity index (χ3v) is 12.5. The molecular weight excluding hydrogens is 655 g/mol. The van der Waals surface area contributed by atoms with E-state index >= 15 is 0 Å². The molecule has 0 fully saturated rings. The fourth-order valence-electron chi connectivity index (χ4n) is 6.88. The van der Waals surface area contributed by atoms with Crippen molar-refractivity contribution in [3.63, 3.8) is 0 Å². The Kier molecular flexibility index (Phi) is 41.7. The summed E-state index contributed by atoms with van der Waals surface area (Å²) < 4.78 is 0. The lowest BCUT2D eigenvalue weighted by atomic mass is 10.0. The standard InChI is InChI=1S/C44H87NO3S2/c1-4-7-10-13-19-26-33-42(34-27-20-14-11-8-5-2)50-44(48)36-29-22-18-24-31-38-45(39-40-46)37-30-23-17-15-16-21-28-35-43(47)49-41-32-25-12-9-6-3/h42,46H,4-41H2,1-3H3. The van der Waals surface area contributed by atoms with Gasteiger partial charge in [-0.15, -0.1) is 0 Å². The number of thioether (sulfide) groups is 2. The number of hydrogen-bond acceptors (Lipinski definition) is 6. The minimum atomic E-state index is 0.244. The molecule has 4 nitrogen and oxygen atoms in total. The maximum absolute atomic E-state index is 12.9. The molecule has 298 valence electrons. The van der Waals surface area contributed by atoms with Gasteiger partial charge in [-0.3, -0.25) is 9.59 Å². The number of unbranched alkanes of at least 4 members (excludes halogenated alkanes) is 24. The molecule has 0 aromatic rings. The summed E-state index contributed by atoms with van der Waals surface area (Å²) in [7, 11) is 0. The third-order valence-electron chi connectivity index (χ3n) is 10.2. The highest BCUT2D eigenvalue weighted by molar-refractivity contribution is 8.14. The molecule has 0 aliphatic carbocycles. The summed E-state index contributed by atoms with van der Waals surface area (Å²) in [6.07, 6.45) is 40.7. The molecule has 0 aromatic heterocycles. The van der Waals surface area contributed by atoms with E-state index < -0.39 is 0 Å². The summed E-state index contributed by atoms with van der Waals surface area (Å²) in [5, 5.41) is 10.9. The van der Waals surface area contributed by atoms with Crippen molar-refractivity contribution in [3.8, 4) is 0 Å². The van der Waals surface area contributed by atoms with Gasteiger partial charge in [0, 0.05) is 30.4 Å². The van der Waals surface area contributed by atoms with E-state index in [1.54, 1.807) is 23.5 Å². The van der Waals surface area contributed by atoms with E-state index in [0.717, 1.165) is 57.5 Å². The van der Waals surface area contributed by atoms with Gasteiger partial charge in [-0.1, -0.05) is 198 Å². The van der Waals surface area contributed by atoms with Crippen LogP contribution in [0, 0.1) is 0 Å². The van der Waals surface area contributed by atoms with Crippen molar-refractivity contribution in [3.05, 3.63) is 0 Å². The highest BCUT2D eigenvalue weighted by atomic mass is 32.2. The highest BCUT2D eigenvalue weighted by Gasteiger charge is 2.14. The number of nitrogens with zero attached hydrogens (tertiary/aromatic N) is 1. The number of aliphatic hydroxyl groups excluding tert-OH is 1. The van der Waals surface area contributed by atoms with E-state index in [1.807, 2.05) is 0 Å². The van der Waals surface area contributed by atoms with Crippen molar-refractivity contribution in [1.29, 1.82) is 0 Å². The number of hydrogen-bond donors (Lipinski definition) is 1. The van der Waals surface area contributed by atoms with Crippen LogP contribution >= 0.6 is 23.5 Å². The molecule has 0 rings (SSSR count). The number of rotatable bonds is 41. The zero-order valence-electron chi connectivity index (χ0n) is 34.0. The van der Waals surface area contributed by atoms with E-state index in [0.29, 0.717) is 15.5 Å². The van der Waals surface area contributed by atoms with Crippen molar-refractivity contribution < 1.29 is 14.7 Å². The Balaban J connectivity index is 3.92. The quantitative estimate of drug-likeness (QED) is 0.0630. The fraction of sp³-hybridized carbons (Fsp3) is 0.955. The van der Waals surface area contributed by atoms with Gasteiger partial charge in [-0.2, -0.15) is 0 Å². The average Bonchev–Trinajstić information content (AvgIpc) is 3.11. The van der Waals surface area contributed by atoms with Crippen LogP contribution in [-0.4, -0.2) is 57.5 Å². The molecule has 0 aromatic carbocycles. The number of carbonyl (C=O) groups excluding carboxylic acids is 2. The van der Waals surface area contributed by atoms with Gasteiger partial charge in [0.15, 0.2) is 10.2 Å². The van der Waals surface area contributed by atoms with Crippen LogP contribution in [0.25, 0.3) is 0 Å². The number of carbonyl (C=O) groups is 2. The lowest BCUT2D eigenvalue weighted by Gasteiger charge is -2.21. The van der Waals surface area contributed by atoms with Crippen LogP contribution in [0.3, 0.4) is 0 Å². The molecule has 6 heteroatoms. The summed E-state index contributed by atoms with van der Waals surface area (Å²) in [5.41, 5.74) is 0. The van der Waals surface area contributed by atoms with Crippen LogP contribution in [0.5, 0.6) is 0 Å². The topological polar surface area (TPSA) is 57.6 Å². The second-order valence-corrected chi connectivity index (χ2v) is 17.7. The SMILES string of the molecule is CCCCCCCCC(CCCCCCCC)SC(=O)CCCCCCCN(CCO)CCCCCCCCCC(=O)SCCCCCCC. The zero-order valence-corrected chi connectivity index (χ0v) is 35.6. The molecule has 0 aliphatic heterocycles. The molecule has 0 heterocycles. The van der Waals surface area contributed by atoms with Crippen LogP contribution in [0.2, 0.25) is 0 Å². The van der Waals surface area contributed by atoms with E-state index in [2.05, 4.69) is 25.7 Å². The van der Waals surface area contributed by atoms with Gasteiger partial charge in [0.1, 0.15) is 0 Å². The van der Waals surface area contributed by atoms with Crippen molar-refractivity contribution in [1.82, 2.24) is 4.90 Å². The summed E-state index contributed by atoms with van der Waals surface area (Å²) in [5.74, 6) is 1.01. The predicted octanol–water partition coefficient (Wildman–Crippen LogP) is 14.1. The summed E-state index contributed by atoms with van der Waals surface area (Å²) >= 11 is 3.26. The molecule has 0 unspecified atom stereocenters. The molecule has 0 aliphatic rings. The maximum atomic E-state index is 12.9. The second kappa shape index (κ2) is 41.7. The van der Waals surface area contributed by atoms with Gasteiger partial charge in [0.2, 0.25) is 0 Å². The summed E-state index contributed by atoms with van der Waals surface area (Å²) in [6.45, 7) is 10.0. The van der Waals surface area contributed by atoms with E-state index in [1.165, 1.54) is 180 Å². The second-order valence-electron chi connectivity index (χ2n) is 15.2. The molecule has 1 N–H and O–H groups in total. The first-order valence-corrected chi connectivity index (χ1v) is 24.1. The zero-order chi connectivity index (χ0) is 36.6. The normalized spacial score (nSPS) is 11.7. The van der Waals surface area contributed by atoms with Gasteiger partial charge in [0.05, 0.1) is 6.61 Å². The first kappa shape index (κ1) is 50.0. The molecule has 0 bridgehead atoms. The van der Waals surface area contributed by atoms with E-state index in [9.17, 15) is 14.7 Å². The van der Waals surface area contributed by atoms with E-state index in [-0.39, 0.29) is 6.61 Å². The highest BCUT2D eigenvalue weighted by Crippen LogP contribution is 2.27. The monoisotopic (exact) mass is 742 g/mol. The van der Waals surface area contributed by atoms with Crippen molar-refractivity contribution in [2.45, 2.75) is 238 Å². The molecule has 50 heavy (non-hydrogen) atoms. The lowest BCUT2D eigenvalue weighted by Crippen LogP contribution is -2.29. The third kappa shape index (κ3) is 37.7. The van der Waals surface area contributed by atoms with Crippen LogP contribution < -0.4 is 0 Å². The molecule has 0 radical (unpaired) electrons. The largest absolute Gasteiger partial charge is 0.395 e. The van der Waals surface area contributed by atoms with Crippen molar-refractivity contribution in [2.24, 2.45) is 0 Å². The molecule has 0 saturated heterocycles. The van der Waals surface area contributed by atoms with Crippen LogP contribution in [-0.2, 0) is 9.59 Å². The smallest absolute Gasteiger partial charge is 0.189 e. The Bertz CT molecular complexity index is 691.